The number of carboxylic acids is 1. The van der Waals surface area contributed by atoms with Crippen LogP contribution in [0.1, 0.15) is 31.7 Å². The molecule has 0 aliphatic carbocycles. The number of halogens is 5. The fraction of sp³-hybridized carbons (Fsp3) is 0.533. The van der Waals surface area contributed by atoms with Crippen LogP contribution in [-0.4, -0.2) is 17.6 Å². The van der Waals surface area contributed by atoms with Gasteiger partial charge in [0.25, 0.3) is 0 Å². The minimum atomic E-state index is -2.18. The minimum absolute atomic E-state index is 0.0304. The third-order valence-electron chi connectivity index (χ3n) is 3.75. The summed E-state index contributed by atoms with van der Waals surface area (Å²) in [5.74, 6) is -11.6. The SMILES string of the molecule is CC(CCCc1c(F)c(F)c(F)c(F)c1F)CC(CN)C(=O)O. The summed E-state index contributed by atoms with van der Waals surface area (Å²) in [5, 5.41) is 8.89. The van der Waals surface area contributed by atoms with Crippen LogP contribution < -0.4 is 5.73 Å². The molecule has 0 amide bonds. The highest BCUT2D eigenvalue weighted by atomic mass is 19.2. The molecule has 0 aliphatic heterocycles. The molecule has 130 valence electrons. The van der Waals surface area contributed by atoms with Gasteiger partial charge in [0.15, 0.2) is 23.3 Å². The summed E-state index contributed by atoms with van der Waals surface area (Å²) in [7, 11) is 0. The Kier molecular flexibility index (Phi) is 6.93. The lowest BCUT2D eigenvalue weighted by Gasteiger charge is -2.16. The monoisotopic (exact) mass is 339 g/mol. The van der Waals surface area contributed by atoms with E-state index < -0.39 is 46.5 Å². The molecule has 0 bridgehead atoms. The molecular formula is C15H18F5NO2. The number of carboxylic acid groups (broad SMARTS) is 1. The summed E-state index contributed by atoms with van der Waals surface area (Å²) in [6, 6.07) is 0. The van der Waals surface area contributed by atoms with Gasteiger partial charge in [-0.1, -0.05) is 13.3 Å². The smallest absolute Gasteiger partial charge is 0.307 e. The van der Waals surface area contributed by atoms with Gasteiger partial charge in [0.2, 0.25) is 5.82 Å². The molecule has 0 aliphatic rings. The van der Waals surface area contributed by atoms with E-state index in [-0.39, 0.29) is 31.7 Å². The van der Waals surface area contributed by atoms with E-state index in [0.29, 0.717) is 6.42 Å². The van der Waals surface area contributed by atoms with Crippen LogP contribution >= 0.6 is 0 Å². The largest absolute Gasteiger partial charge is 0.481 e. The van der Waals surface area contributed by atoms with Gasteiger partial charge in [-0.2, -0.15) is 0 Å². The van der Waals surface area contributed by atoms with E-state index >= 15 is 0 Å². The van der Waals surface area contributed by atoms with Crippen molar-refractivity contribution in [2.45, 2.75) is 32.6 Å². The average Bonchev–Trinajstić information content (AvgIpc) is 2.51. The first-order chi connectivity index (χ1) is 10.7. The fourth-order valence-corrected chi connectivity index (χ4v) is 2.40. The summed E-state index contributed by atoms with van der Waals surface area (Å²) in [6.07, 6.45) is 0.499. The summed E-state index contributed by atoms with van der Waals surface area (Å²) >= 11 is 0. The van der Waals surface area contributed by atoms with Crippen molar-refractivity contribution in [2.24, 2.45) is 17.6 Å². The number of rotatable bonds is 8. The quantitative estimate of drug-likeness (QED) is 0.433. The maximum Gasteiger partial charge on any atom is 0.307 e. The van der Waals surface area contributed by atoms with Crippen molar-refractivity contribution in [1.82, 2.24) is 0 Å². The van der Waals surface area contributed by atoms with Gasteiger partial charge in [-0.3, -0.25) is 4.79 Å². The third kappa shape index (κ3) is 4.63. The van der Waals surface area contributed by atoms with Crippen molar-refractivity contribution in [3.05, 3.63) is 34.6 Å². The molecule has 0 spiro atoms. The maximum atomic E-state index is 13.5. The second-order valence-electron chi connectivity index (χ2n) is 5.55. The van der Waals surface area contributed by atoms with Gasteiger partial charge in [-0.25, -0.2) is 22.0 Å². The van der Waals surface area contributed by atoms with E-state index in [2.05, 4.69) is 0 Å². The van der Waals surface area contributed by atoms with Crippen molar-refractivity contribution in [1.29, 1.82) is 0 Å². The Hall–Kier alpha value is -1.70. The van der Waals surface area contributed by atoms with Gasteiger partial charge in [0.05, 0.1) is 5.92 Å². The highest BCUT2D eigenvalue weighted by Gasteiger charge is 2.25. The standard InChI is InChI=1S/C15H18F5NO2/c1-7(5-8(6-21)15(22)23)3-2-4-9-10(16)12(18)14(20)13(19)11(9)17/h7-8H,2-6,21H2,1H3,(H,22,23). The van der Waals surface area contributed by atoms with Crippen molar-refractivity contribution < 1.29 is 31.9 Å². The topological polar surface area (TPSA) is 63.3 Å². The second kappa shape index (κ2) is 8.24. The Morgan fingerprint density at radius 1 is 1.04 bits per heavy atom. The van der Waals surface area contributed by atoms with E-state index in [9.17, 15) is 26.7 Å². The highest BCUT2D eigenvalue weighted by Crippen LogP contribution is 2.25. The molecule has 2 atom stereocenters. The normalized spacial score (nSPS) is 13.9. The van der Waals surface area contributed by atoms with Gasteiger partial charge < -0.3 is 10.8 Å². The van der Waals surface area contributed by atoms with Crippen LogP contribution in [0.2, 0.25) is 0 Å². The first kappa shape index (κ1) is 19.3. The summed E-state index contributed by atoms with van der Waals surface area (Å²) in [4.78, 5) is 10.9. The van der Waals surface area contributed by atoms with E-state index in [0.717, 1.165) is 0 Å². The van der Waals surface area contributed by atoms with Gasteiger partial charge in [0, 0.05) is 12.1 Å². The van der Waals surface area contributed by atoms with Crippen molar-refractivity contribution in [3.63, 3.8) is 0 Å². The Morgan fingerprint density at radius 2 is 1.52 bits per heavy atom. The molecule has 0 saturated carbocycles. The summed E-state index contributed by atoms with van der Waals surface area (Å²) in [5.41, 5.74) is 4.48. The predicted octanol–water partition coefficient (Wildman–Crippen LogP) is 3.39. The van der Waals surface area contributed by atoms with E-state index in [1.807, 2.05) is 0 Å². The van der Waals surface area contributed by atoms with Gasteiger partial charge in [-0.05, 0) is 25.2 Å². The Bertz CT molecular complexity index is 550. The number of nitrogens with two attached hydrogens (primary N) is 1. The lowest BCUT2D eigenvalue weighted by molar-refractivity contribution is -0.141. The van der Waals surface area contributed by atoms with Gasteiger partial charge in [0.1, 0.15) is 0 Å². The third-order valence-corrected chi connectivity index (χ3v) is 3.75. The molecule has 0 saturated heterocycles. The molecule has 2 unspecified atom stereocenters. The molecule has 23 heavy (non-hydrogen) atoms. The Balaban J connectivity index is 2.68. The van der Waals surface area contributed by atoms with Crippen LogP contribution in [0.3, 0.4) is 0 Å². The van der Waals surface area contributed by atoms with E-state index in [1.165, 1.54) is 0 Å². The number of carbonyl (C=O) groups is 1. The van der Waals surface area contributed by atoms with E-state index in [1.54, 1.807) is 6.92 Å². The zero-order valence-corrected chi connectivity index (χ0v) is 12.5. The van der Waals surface area contributed by atoms with Crippen molar-refractivity contribution in [3.8, 4) is 0 Å². The number of aliphatic carboxylic acids is 1. The molecule has 0 radical (unpaired) electrons. The maximum absolute atomic E-state index is 13.5. The zero-order valence-electron chi connectivity index (χ0n) is 12.5. The predicted molar refractivity (Wildman–Crippen MR) is 73.1 cm³/mol. The van der Waals surface area contributed by atoms with Crippen LogP contribution in [-0.2, 0) is 11.2 Å². The number of benzene rings is 1. The molecule has 1 aromatic carbocycles. The number of hydrogen-bond acceptors (Lipinski definition) is 2. The molecule has 1 aromatic rings. The average molecular weight is 339 g/mol. The van der Waals surface area contributed by atoms with E-state index in [4.69, 9.17) is 10.8 Å². The van der Waals surface area contributed by atoms with Gasteiger partial charge in [-0.15, -0.1) is 0 Å². The Morgan fingerprint density at radius 3 is 1.96 bits per heavy atom. The molecule has 3 N–H and O–H groups in total. The molecule has 8 heteroatoms. The molecule has 0 heterocycles. The van der Waals surface area contributed by atoms with Crippen molar-refractivity contribution in [2.75, 3.05) is 6.54 Å². The first-order valence-corrected chi connectivity index (χ1v) is 7.13. The zero-order chi connectivity index (χ0) is 17.7. The lowest BCUT2D eigenvalue weighted by atomic mass is 9.91. The fourth-order valence-electron chi connectivity index (χ4n) is 2.40. The minimum Gasteiger partial charge on any atom is -0.481 e. The molecule has 1 rings (SSSR count). The molecular weight excluding hydrogens is 321 g/mol. The molecule has 0 fully saturated rings. The summed E-state index contributed by atoms with van der Waals surface area (Å²) in [6.45, 7) is 1.71. The van der Waals surface area contributed by atoms with Crippen LogP contribution in [0, 0.1) is 40.9 Å². The van der Waals surface area contributed by atoms with Crippen molar-refractivity contribution >= 4 is 5.97 Å². The van der Waals surface area contributed by atoms with Crippen LogP contribution in [0.4, 0.5) is 22.0 Å². The van der Waals surface area contributed by atoms with Crippen LogP contribution in [0.25, 0.3) is 0 Å². The first-order valence-electron chi connectivity index (χ1n) is 7.13. The molecule has 3 nitrogen and oxygen atoms in total. The Labute approximate surface area is 130 Å². The summed E-state index contributed by atoms with van der Waals surface area (Å²) < 4.78 is 66.0. The molecule has 0 aromatic heterocycles. The number of hydrogen-bond donors (Lipinski definition) is 2. The van der Waals surface area contributed by atoms with Crippen LogP contribution in [0.15, 0.2) is 0 Å². The second-order valence-corrected chi connectivity index (χ2v) is 5.55. The highest BCUT2D eigenvalue weighted by molar-refractivity contribution is 5.70. The van der Waals surface area contributed by atoms with Gasteiger partial charge >= 0.3 is 5.97 Å². The van der Waals surface area contributed by atoms with Crippen LogP contribution in [0.5, 0.6) is 0 Å². The lowest BCUT2D eigenvalue weighted by Crippen LogP contribution is -2.25.